The zero-order chi connectivity index (χ0) is 17.2. The highest BCUT2D eigenvalue weighted by molar-refractivity contribution is 7.92. The van der Waals surface area contributed by atoms with E-state index in [1.807, 2.05) is 6.92 Å². The fourth-order valence-corrected chi connectivity index (χ4v) is 3.60. The Kier molecular flexibility index (Phi) is 4.60. The number of nitrogens with one attached hydrogen (secondary N) is 1. The van der Waals surface area contributed by atoms with Gasteiger partial charge in [0.25, 0.3) is 10.0 Å². The molecule has 0 fully saturated rings. The second-order valence-electron chi connectivity index (χ2n) is 5.04. The molecule has 0 spiro atoms. The Balaban J connectivity index is 2.51. The van der Waals surface area contributed by atoms with Crippen LogP contribution in [-0.4, -0.2) is 26.6 Å². The number of hydrogen-bond acceptors (Lipinski definition) is 4. The van der Waals surface area contributed by atoms with Crippen molar-refractivity contribution in [1.82, 2.24) is 0 Å². The molecule has 0 heterocycles. The highest BCUT2D eigenvalue weighted by Gasteiger charge is 2.21. The van der Waals surface area contributed by atoms with Crippen LogP contribution in [0.15, 0.2) is 41.3 Å². The third-order valence-corrected chi connectivity index (χ3v) is 4.89. The molecule has 0 unspecified atom stereocenters. The SMILES string of the molecule is COc1cc(S(=O)(=O)Nc2ccccc2C(=O)O)c(C)cc1C. The lowest BCUT2D eigenvalue weighted by Crippen LogP contribution is -2.17. The highest BCUT2D eigenvalue weighted by Crippen LogP contribution is 2.28. The minimum absolute atomic E-state index is 0.0129. The van der Waals surface area contributed by atoms with E-state index >= 15 is 0 Å². The van der Waals surface area contributed by atoms with E-state index in [4.69, 9.17) is 9.84 Å². The Labute approximate surface area is 134 Å². The van der Waals surface area contributed by atoms with E-state index in [0.29, 0.717) is 11.3 Å². The molecule has 2 rings (SSSR count). The van der Waals surface area contributed by atoms with Gasteiger partial charge >= 0.3 is 5.97 Å². The number of sulfonamides is 1. The fourth-order valence-electron chi connectivity index (χ4n) is 2.28. The number of benzene rings is 2. The third-order valence-electron chi connectivity index (χ3n) is 3.38. The molecule has 0 amide bonds. The summed E-state index contributed by atoms with van der Waals surface area (Å²) in [6.07, 6.45) is 0. The Hall–Kier alpha value is -2.54. The normalized spacial score (nSPS) is 11.1. The molecule has 122 valence electrons. The molecule has 0 radical (unpaired) electrons. The van der Waals surface area contributed by atoms with E-state index in [1.54, 1.807) is 19.1 Å². The molecule has 0 aromatic heterocycles. The van der Waals surface area contributed by atoms with Gasteiger partial charge in [-0.3, -0.25) is 4.72 Å². The maximum atomic E-state index is 12.6. The number of anilines is 1. The number of ether oxygens (including phenoxy) is 1. The van der Waals surface area contributed by atoms with Crippen molar-refractivity contribution in [2.24, 2.45) is 0 Å². The van der Waals surface area contributed by atoms with Crippen LogP contribution in [0.1, 0.15) is 21.5 Å². The van der Waals surface area contributed by atoms with E-state index in [1.165, 1.54) is 31.4 Å². The van der Waals surface area contributed by atoms with Gasteiger partial charge in [0.2, 0.25) is 0 Å². The number of rotatable bonds is 5. The van der Waals surface area contributed by atoms with Gasteiger partial charge in [-0.05, 0) is 37.1 Å². The van der Waals surface area contributed by atoms with Crippen molar-refractivity contribution in [2.45, 2.75) is 18.7 Å². The van der Waals surface area contributed by atoms with E-state index in [9.17, 15) is 13.2 Å². The van der Waals surface area contributed by atoms with Crippen LogP contribution >= 0.6 is 0 Å². The van der Waals surface area contributed by atoms with Crippen molar-refractivity contribution in [3.63, 3.8) is 0 Å². The Morgan fingerprint density at radius 2 is 1.78 bits per heavy atom. The summed E-state index contributed by atoms with van der Waals surface area (Å²) in [4.78, 5) is 11.2. The monoisotopic (exact) mass is 335 g/mol. The van der Waals surface area contributed by atoms with Gasteiger partial charge in [-0.25, -0.2) is 13.2 Å². The van der Waals surface area contributed by atoms with E-state index in [-0.39, 0.29) is 16.1 Å². The van der Waals surface area contributed by atoms with Crippen molar-refractivity contribution in [3.8, 4) is 5.75 Å². The Morgan fingerprint density at radius 1 is 1.13 bits per heavy atom. The summed E-state index contributed by atoms with van der Waals surface area (Å²) in [6.45, 7) is 3.49. The van der Waals surface area contributed by atoms with Gasteiger partial charge in [0.1, 0.15) is 5.75 Å². The van der Waals surface area contributed by atoms with E-state index in [2.05, 4.69) is 4.72 Å². The summed E-state index contributed by atoms with van der Waals surface area (Å²) in [5.41, 5.74) is 1.25. The van der Waals surface area contributed by atoms with Crippen molar-refractivity contribution < 1.29 is 23.1 Å². The molecule has 6 nitrogen and oxygen atoms in total. The number of methoxy groups -OCH3 is 1. The number of carboxylic acids is 1. The second kappa shape index (κ2) is 6.29. The lowest BCUT2D eigenvalue weighted by Gasteiger charge is -2.14. The number of carbonyl (C=O) groups is 1. The molecule has 2 aromatic rings. The quantitative estimate of drug-likeness (QED) is 0.876. The molecule has 2 aromatic carbocycles. The number of carboxylic acid groups (broad SMARTS) is 1. The third kappa shape index (κ3) is 3.45. The number of aromatic carboxylic acids is 1. The van der Waals surface area contributed by atoms with Gasteiger partial charge in [0.05, 0.1) is 23.3 Å². The van der Waals surface area contributed by atoms with E-state index < -0.39 is 16.0 Å². The lowest BCUT2D eigenvalue weighted by molar-refractivity contribution is 0.0698. The van der Waals surface area contributed by atoms with Crippen LogP contribution in [0.4, 0.5) is 5.69 Å². The van der Waals surface area contributed by atoms with Crippen molar-refractivity contribution in [2.75, 3.05) is 11.8 Å². The summed E-state index contributed by atoms with van der Waals surface area (Å²) in [6, 6.07) is 8.96. The van der Waals surface area contributed by atoms with Crippen LogP contribution in [0.3, 0.4) is 0 Å². The largest absolute Gasteiger partial charge is 0.496 e. The molecule has 0 atom stereocenters. The minimum atomic E-state index is -3.94. The van der Waals surface area contributed by atoms with Crippen molar-refractivity contribution in [1.29, 1.82) is 0 Å². The smallest absolute Gasteiger partial charge is 0.337 e. The molecule has 0 bridgehead atoms. The maximum absolute atomic E-state index is 12.6. The van der Waals surface area contributed by atoms with Gasteiger partial charge in [-0.1, -0.05) is 18.2 Å². The van der Waals surface area contributed by atoms with Gasteiger partial charge in [0, 0.05) is 6.07 Å². The van der Waals surface area contributed by atoms with Crippen LogP contribution < -0.4 is 9.46 Å². The van der Waals surface area contributed by atoms with E-state index in [0.717, 1.165) is 5.56 Å². The second-order valence-corrected chi connectivity index (χ2v) is 6.69. The summed E-state index contributed by atoms with van der Waals surface area (Å²) in [5.74, 6) is -0.760. The predicted octanol–water partition coefficient (Wildman–Crippen LogP) is 2.81. The van der Waals surface area contributed by atoms with Crippen LogP contribution in [-0.2, 0) is 10.0 Å². The standard InChI is InChI=1S/C16H17NO5S/c1-10-8-11(2)15(9-14(10)22-3)23(20,21)17-13-7-5-4-6-12(13)16(18)19/h4-9,17H,1-3H3,(H,18,19). The number of aryl methyl sites for hydroxylation is 2. The van der Waals surface area contributed by atoms with Gasteiger partial charge < -0.3 is 9.84 Å². The molecule has 23 heavy (non-hydrogen) atoms. The van der Waals surface area contributed by atoms with Crippen molar-refractivity contribution in [3.05, 3.63) is 53.1 Å². The first-order valence-electron chi connectivity index (χ1n) is 6.76. The summed E-state index contributed by atoms with van der Waals surface area (Å²) in [7, 11) is -2.48. The molecule has 0 aliphatic carbocycles. The van der Waals surface area contributed by atoms with Gasteiger partial charge in [-0.15, -0.1) is 0 Å². The lowest BCUT2D eigenvalue weighted by atomic mass is 10.1. The Bertz CT molecular complexity index is 859. The molecule has 0 saturated heterocycles. The fraction of sp³-hybridized carbons (Fsp3) is 0.188. The molecule has 0 aliphatic heterocycles. The maximum Gasteiger partial charge on any atom is 0.337 e. The number of para-hydroxylation sites is 1. The predicted molar refractivity (Wildman–Crippen MR) is 86.7 cm³/mol. The van der Waals surface area contributed by atoms with Crippen LogP contribution in [0.5, 0.6) is 5.75 Å². The Morgan fingerprint density at radius 3 is 2.39 bits per heavy atom. The topological polar surface area (TPSA) is 92.7 Å². The summed E-state index contributed by atoms with van der Waals surface area (Å²) < 4.78 is 32.7. The average Bonchev–Trinajstić information content (AvgIpc) is 2.47. The molecular weight excluding hydrogens is 318 g/mol. The van der Waals surface area contributed by atoms with Gasteiger partial charge in [-0.2, -0.15) is 0 Å². The number of hydrogen-bond donors (Lipinski definition) is 2. The van der Waals surface area contributed by atoms with Crippen LogP contribution in [0.25, 0.3) is 0 Å². The van der Waals surface area contributed by atoms with Crippen LogP contribution in [0.2, 0.25) is 0 Å². The first kappa shape index (κ1) is 16.8. The van der Waals surface area contributed by atoms with Crippen LogP contribution in [0, 0.1) is 13.8 Å². The average molecular weight is 335 g/mol. The molecule has 7 heteroatoms. The minimum Gasteiger partial charge on any atom is -0.496 e. The van der Waals surface area contributed by atoms with Gasteiger partial charge in [0.15, 0.2) is 0 Å². The molecule has 2 N–H and O–H groups in total. The molecule has 0 saturated carbocycles. The molecular formula is C16H17NO5S. The summed E-state index contributed by atoms with van der Waals surface area (Å²) in [5, 5.41) is 9.15. The van der Waals surface area contributed by atoms with Crippen molar-refractivity contribution >= 4 is 21.7 Å². The first-order valence-corrected chi connectivity index (χ1v) is 8.25. The molecule has 0 aliphatic rings. The zero-order valence-electron chi connectivity index (χ0n) is 13.0. The zero-order valence-corrected chi connectivity index (χ0v) is 13.8. The highest BCUT2D eigenvalue weighted by atomic mass is 32.2. The first-order chi connectivity index (χ1) is 10.8. The summed E-state index contributed by atoms with van der Waals surface area (Å²) >= 11 is 0.